The molecular weight excluding hydrogens is 399 g/mol. The second-order valence-electron chi connectivity index (χ2n) is 6.82. The number of hydrogen-bond acceptors (Lipinski definition) is 3. The fourth-order valence-corrected chi connectivity index (χ4v) is 3.11. The molecule has 3 aromatic rings. The third-order valence-corrected chi connectivity index (χ3v) is 4.67. The van der Waals surface area contributed by atoms with Gasteiger partial charge in [0, 0.05) is 6.42 Å². The van der Waals surface area contributed by atoms with Crippen LogP contribution in [0, 0.1) is 0 Å². The van der Waals surface area contributed by atoms with Crippen molar-refractivity contribution in [3.63, 3.8) is 0 Å². The van der Waals surface area contributed by atoms with Crippen LogP contribution in [0.5, 0.6) is 0 Å². The van der Waals surface area contributed by atoms with Crippen LogP contribution in [-0.4, -0.2) is 25.4 Å². The van der Waals surface area contributed by atoms with Gasteiger partial charge in [0.25, 0.3) is 0 Å². The first-order valence-corrected chi connectivity index (χ1v) is 9.40. The van der Waals surface area contributed by atoms with Crippen molar-refractivity contribution in [2.24, 2.45) is 0 Å². The first kappa shape index (κ1) is 21.4. The first-order chi connectivity index (χ1) is 14.2. The van der Waals surface area contributed by atoms with E-state index in [1.54, 1.807) is 12.1 Å². The van der Waals surface area contributed by atoms with Gasteiger partial charge in [-0.2, -0.15) is 17.9 Å². The number of alkyl halides is 3. The largest absolute Gasteiger partial charge is 0.478 e. The molecule has 6 nitrogen and oxygen atoms in total. The van der Waals surface area contributed by atoms with Crippen molar-refractivity contribution in [1.82, 2.24) is 14.3 Å². The normalized spacial score (nSPS) is 11.6. The molecule has 0 atom stereocenters. The number of carboxylic acids is 1. The molecule has 1 N–H and O–H groups in total. The molecule has 0 saturated heterocycles. The summed E-state index contributed by atoms with van der Waals surface area (Å²) in [5.74, 6) is -0.694. The standard InChI is InChI=1S/C21H20F3N3O3/c1-2-3-8-18-25-27(17-7-5-4-6-16(17)21(22,23)24)20(30)26(18)13-14-9-11-15(12-10-14)19(28)29/h4-7,9-12H,2-3,8,13H2,1H3,(H,28,29). The molecule has 30 heavy (non-hydrogen) atoms. The van der Waals surface area contributed by atoms with E-state index in [0.29, 0.717) is 17.8 Å². The Morgan fingerprint density at radius 1 is 1.10 bits per heavy atom. The Balaban J connectivity index is 2.07. The quantitative estimate of drug-likeness (QED) is 0.624. The van der Waals surface area contributed by atoms with E-state index in [4.69, 9.17) is 5.11 Å². The molecule has 1 heterocycles. The van der Waals surface area contributed by atoms with Crippen molar-refractivity contribution < 1.29 is 23.1 Å². The lowest BCUT2D eigenvalue weighted by Crippen LogP contribution is -2.26. The molecule has 0 aliphatic rings. The number of para-hydroxylation sites is 1. The second-order valence-corrected chi connectivity index (χ2v) is 6.82. The van der Waals surface area contributed by atoms with Gasteiger partial charge < -0.3 is 5.11 Å². The molecule has 0 spiro atoms. The number of aromatic nitrogens is 3. The van der Waals surface area contributed by atoms with Crippen LogP contribution >= 0.6 is 0 Å². The summed E-state index contributed by atoms with van der Waals surface area (Å²) in [6.07, 6.45) is -2.65. The SMILES string of the molecule is CCCCc1nn(-c2ccccc2C(F)(F)F)c(=O)n1Cc1ccc(C(=O)O)cc1. The Labute approximate surface area is 170 Å². The van der Waals surface area contributed by atoms with E-state index in [9.17, 15) is 22.8 Å². The molecule has 9 heteroatoms. The fourth-order valence-electron chi connectivity index (χ4n) is 3.11. The maximum Gasteiger partial charge on any atom is 0.418 e. The van der Waals surface area contributed by atoms with E-state index in [2.05, 4.69) is 5.10 Å². The molecule has 0 saturated carbocycles. The zero-order chi connectivity index (χ0) is 21.9. The van der Waals surface area contributed by atoms with E-state index < -0.39 is 23.4 Å². The Morgan fingerprint density at radius 3 is 2.37 bits per heavy atom. The van der Waals surface area contributed by atoms with Gasteiger partial charge in [-0.15, -0.1) is 5.10 Å². The lowest BCUT2D eigenvalue weighted by atomic mass is 10.1. The number of hydrogen-bond donors (Lipinski definition) is 1. The van der Waals surface area contributed by atoms with Crippen LogP contribution in [-0.2, 0) is 19.1 Å². The van der Waals surface area contributed by atoms with E-state index in [-0.39, 0.29) is 17.8 Å². The zero-order valence-corrected chi connectivity index (χ0v) is 16.2. The number of benzene rings is 2. The minimum atomic E-state index is -4.63. The highest BCUT2D eigenvalue weighted by molar-refractivity contribution is 5.87. The molecule has 0 fully saturated rings. The Bertz CT molecular complexity index is 1100. The Hall–Kier alpha value is -3.36. The van der Waals surface area contributed by atoms with E-state index >= 15 is 0 Å². The summed E-state index contributed by atoms with van der Waals surface area (Å²) in [4.78, 5) is 24.0. The summed E-state index contributed by atoms with van der Waals surface area (Å²) >= 11 is 0. The van der Waals surface area contributed by atoms with Gasteiger partial charge in [-0.25, -0.2) is 9.59 Å². The van der Waals surface area contributed by atoms with Crippen molar-refractivity contribution in [2.75, 3.05) is 0 Å². The minimum absolute atomic E-state index is 0.0754. The van der Waals surface area contributed by atoms with Gasteiger partial charge >= 0.3 is 17.8 Å². The van der Waals surface area contributed by atoms with Crippen LogP contribution in [0.1, 0.15) is 47.1 Å². The number of nitrogens with zero attached hydrogens (tertiary/aromatic N) is 3. The van der Waals surface area contributed by atoms with Crippen LogP contribution in [0.4, 0.5) is 13.2 Å². The molecule has 158 valence electrons. The van der Waals surface area contributed by atoms with Gasteiger partial charge in [0.1, 0.15) is 5.82 Å². The van der Waals surface area contributed by atoms with Gasteiger partial charge in [0.05, 0.1) is 23.4 Å². The van der Waals surface area contributed by atoms with Crippen LogP contribution in [0.2, 0.25) is 0 Å². The summed E-state index contributed by atoms with van der Waals surface area (Å²) < 4.78 is 42.4. The lowest BCUT2D eigenvalue weighted by Gasteiger charge is -2.11. The second kappa shape index (κ2) is 8.56. The summed E-state index contributed by atoms with van der Waals surface area (Å²) in [7, 11) is 0. The molecule has 3 rings (SSSR count). The van der Waals surface area contributed by atoms with Gasteiger partial charge in [-0.05, 0) is 36.2 Å². The summed E-state index contributed by atoms with van der Waals surface area (Å²) in [5.41, 5.74) is -1.20. The van der Waals surface area contributed by atoms with Gasteiger partial charge in [0.15, 0.2) is 0 Å². The van der Waals surface area contributed by atoms with E-state index in [0.717, 1.165) is 23.6 Å². The van der Waals surface area contributed by atoms with Crippen molar-refractivity contribution >= 4 is 5.97 Å². The van der Waals surface area contributed by atoms with Crippen LogP contribution < -0.4 is 5.69 Å². The predicted octanol–water partition coefficient (Wildman–Crippen LogP) is 4.14. The minimum Gasteiger partial charge on any atom is -0.478 e. The van der Waals surface area contributed by atoms with Crippen molar-refractivity contribution in [2.45, 2.75) is 38.9 Å². The van der Waals surface area contributed by atoms with Gasteiger partial charge in [0.2, 0.25) is 0 Å². The van der Waals surface area contributed by atoms with Crippen LogP contribution in [0.25, 0.3) is 5.69 Å². The van der Waals surface area contributed by atoms with E-state index in [1.807, 2.05) is 6.92 Å². The highest BCUT2D eigenvalue weighted by Gasteiger charge is 2.34. The number of aryl methyl sites for hydroxylation is 1. The smallest absolute Gasteiger partial charge is 0.418 e. The van der Waals surface area contributed by atoms with Crippen molar-refractivity contribution in [1.29, 1.82) is 0 Å². The predicted molar refractivity (Wildman–Crippen MR) is 104 cm³/mol. The molecule has 1 aromatic heterocycles. The maximum atomic E-state index is 13.4. The molecule has 0 aliphatic carbocycles. The zero-order valence-electron chi connectivity index (χ0n) is 16.2. The number of carbonyl (C=O) groups is 1. The van der Waals surface area contributed by atoms with Gasteiger partial charge in [-0.3, -0.25) is 4.57 Å². The highest BCUT2D eigenvalue weighted by atomic mass is 19.4. The number of unbranched alkanes of at least 4 members (excludes halogenated alkanes) is 1. The molecule has 0 radical (unpaired) electrons. The molecule has 2 aromatic carbocycles. The molecule has 0 unspecified atom stereocenters. The number of aromatic carboxylic acids is 1. The van der Waals surface area contributed by atoms with Gasteiger partial charge in [-0.1, -0.05) is 37.6 Å². The first-order valence-electron chi connectivity index (χ1n) is 9.40. The monoisotopic (exact) mass is 419 g/mol. The Morgan fingerprint density at radius 2 is 1.77 bits per heavy atom. The fraction of sp³-hybridized carbons (Fsp3) is 0.286. The average Bonchev–Trinajstić information content (AvgIpc) is 3.01. The number of rotatable bonds is 7. The van der Waals surface area contributed by atoms with Crippen molar-refractivity contribution in [3.05, 3.63) is 81.5 Å². The van der Waals surface area contributed by atoms with Crippen LogP contribution in [0.15, 0.2) is 53.3 Å². The summed E-state index contributed by atoms with van der Waals surface area (Å²) in [6, 6.07) is 10.8. The summed E-state index contributed by atoms with van der Waals surface area (Å²) in [6.45, 7) is 2.04. The molecule has 0 aliphatic heterocycles. The lowest BCUT2D eigenvalue weighted by molar-refractivity contribution is -0.137. The topological polar surface area (TPSA) is 77.1 Å². The average molecular weight is 419 g/mol. The summed E-state index contributed by atoms with van der Waals surface area (Å²) in [5, 5.41) is 13.2. The van der Waals surface area contributed by atoms with Crippen LogP contribution in [0.3, 0.4) is 0 Å². The molecule has 0 bridgehead atoms. The Kier molecular flexibility index (Phi) is 6.09. The number of carboxylic acid groups (broad SMARTS) is 1. The highest BCUT2D eigenvalue weighted by Crippen LogP contribution is 2.33. The third kappa shape index (κ3) is 4.45. The number of halogens is 3. The maximum absolute atomic E-state index is 13.4. The molecular formula is C21H20F3N3O3. The third-order valence-electron chi connectivity index (χ3n) is 4.67. The van der Waals surface area contributed by atoms with E-state index in [1.165, 1.54) is 34.9 Å². The molecule has 0 amide bonds. The van der Waals surface area contributed by atoms with Crippen molar-refractivity contribution in [3.8, 4) is 5.69 Å².